The molecule has 0 aromatic heterocycles. The molecule has 0 saturated carbocycles. The first-order valence-electron chi connectivity index (χ1n) is 8.99. The lowest BCUT2D eigenvalue weighted by molar-refractivity contribution is 0.0234. The molecule has 2 atom stereocenters. The molecule has 2 unspecified atom stereocenters. The molecule has 2 heterocycles. The van der Waals surface area contributed by atoms with Crippen molar-refractivity contribution in [2.24, 2.45) is 0 Å². The van der Waals surface area contributed by atoms with Crippen LogP contribution in [0.5, 0.6) is 0 Å². The van der Waals surface area contributed by atoms with Crippen molar-refractivity contribution >= 4 is 21.8 Å². The molecule has 0 aliphatic carbocycles. The Balaban J connectivity index is 1.60. The van der Waals surface area contributed by atoms with Gasteiger partial charge in [-0.05, 0) is 62.9 Å². The molecule has 1 aromatic rings. The predicted octanol–water partition coefficient (Wildman–Crippen LogP) is 4.36. The minimum Gasteiger partial charge on any atom is -0.349 e. The fourth-order valence-electron chi connectivity index (χ4n) is 4.17. The van der Waals surface area contributed by atoms with Crippen molar-refractivity contribution in [3.63, 3.8) is 0 Å². The Bertz CT molecular complexity index is 517. The summed E-state index contributed by atoms with van der Waals surface area (Å²) in [6, 6.07) is 9.30. The topological polar surface area (TPSA) is 32.3 Å². The van der Waals surface area contributed by atoms with Crippen molar-refractivity contribution in [3.05, 3.63) is 34.3 Å². The summed E-state index contributed by atoms with van der Waals surface area (Å²) in [6.07, 6.45) is 8.73. The maximum absolute atomic E-state index is 12.5. The quantitative estimate of drug-likeness (QED) is 0.824. The van der Waals surface area contributed by atoms with Crippen LogP contribution >= 0.6 is 15.9 Å². The van der Waals surface area contributed by atoms with E-state index in [0.717, 1.165) is 22.9 Å². The van der Waals surface area contributed by atoms with Gasteiger partial charge in [0.25, 0.3) is 5.91 Å². The third kappa shape index (κ3) is 4.16. The summed E-state index contributed by atoms with van der Waals surface area (Å²) in [4.78, 5) is 15.2. The monoisotopic (exact) mass is 378 g/mol. The highest BCUT2D eigenvalue weighted by Gasteiger charge is 2.38. The molecule has 0 radical (unpaired) electrons. The summed E-state index contributed by atoms with van der Waals surface area (Å²) in [5, 5.41) is 3.28. The first kappa shape index (κ1) is 17.0. The van der Waals surface area contributed by atoms with Gasteiger partial charge < -0.3 is 5.32 Å². The molecule has 0 spiro atoms. The fraction of sp³-hybridized carbons (Fsp3) is 0.632. The molecule has 23 heavy (non-hydrogen) atoms. The number of rotatable bonds is 5. The minimum absolute atomic E-state index is 0.0718. The summed E-state index contributed by atoms with van der Waals surface area (Å²) in [6.45, 7) is 3.50. The third-order valence-electron chi connectivity index (χ3n) is 5.34. The van der Waals surface area contributed by atoms with Gasteiger partial charge in [-0.3, -0.25) is 9.69 Å². The summed E-state index contributed by atoms with van der Waals surface area (Å²) in [7, 11) is 0. The van der Waals surface area contributed by atoms with E-state index < -0.39 is 0 Å². The van der Waals surface area contributed by atoms with Crippen LogP contribution in [0.15, 0.2) is 28.7 Å². The van der Waals surface area contributed by atoms with Crippen LogP contribution in [0.25, 0.3) is 0 Å². The molecular weight excluding hydrogens is 352 g/mol. The van der Waals surface area contributed by atoms with E-state index in [4.69, 9.17) is 0 Å². The number of unbranched alkanes of at least 4 members (excludes halogenated alkanes) is 1. The highest BCUT2D eigenvalue weighted by Crippen LogP contribution is 2.34. The Hall–Kier alpha value is -0.870. The largest absolute Gasteiger partial charge is 0.349 e. The van der Waals surface area contributed by atoms with Gasteiger partial charge >= 0.3 is 0 Å². The molecule has 3 nitrogen and oxygen atoms in total. The molecule has 2 bridgehead atoms. The smallest absolute Gasteiger partial charge is 0.251 e. The van der Waals surface area contributed by atoms with Crippen LogP contribution in [0.1, 0.15) is 62.2 Å². The van der Waals surface area contributed by atoms with E-state index in [9.17, 15) is 4.79 Å². The highest BCUT2D eigenvalue weighted by atomic mass is 79.9. The number of hydrogen-bond donors (Lipinski definition) is 1. The maximum Gasteiger partial charge on any atom is 0.251 e. The first-order chi connectivity index (χ1) is 11.2. The van der Waals surface area contributed by atoms with Gasteiger partial charge in [-0.15, -0.1) is 0 Å². The SMILES string of the molecule is CCCCN1C2CCCC1CC(NC(=O)c1ccc(Br)cc1)C2. The Labute approximate surface area is 148 Å². The van der Waals surface area contributed by atoms with Crippen molar-refractivity contribution in [1.29, 1.82) is 0 Å². The zero-order valence-corrected chi connectivity index (χ0v) is 15.5. The van der Waals surface area contributed by atoms with Gasteiger partial charge in [0.2, 0.25) is 0 Å². The van der Waals surface area contributed by atoms with E-state index in [-0.39, 0.29) is 5.91 Å². The van der Waals surface area contributed by atoms with Gasteiger partial charge in [0.15, 0.2) is 0 Å². The van der Waals surface area contributed by atoms with Crippen LogP contribution < -0.4 is 5.32 Å². The van der Waals surface area contributed by atoms with Crippen molar-refractivity contribution < 1.29 is 4.79 Å². The van der Waals surface area contributed by atoms with Crippen molar-refractivity contribution in [1.82, 2.24) is 10.2 Å². The number of hydrogen-bond acceptors (Lipinski definition) is 2. The molecule has 1 amide bonds. The zero-order valence-electron chi connectivity index (χ0n) is 13.9. The lowest BCUT2D eigenvalue weighted by Crippen LogP contribution is -2.57. The Kier molecular flexibility index (Phi) is 5.76. The van der Waals surface area contributed by atoms with Crippen LogP contribution in [0, 0.1) is 0 Å². The Morgan fingerprint density at radius 3 is 2.48 bits per heavy atom. The summed E-state index contributed by atoms with van der Waals surface area (Å²) >= 11 is 3.42. The zero-order chi connectivity index (χ0) is 16.2. The number of carbonyl (C=O) groups is 1. The number of fused-ring (bicyclic) bond motifs is 2. The van der Waals surface area contributed by atoms with Gasteiger partial charge in [-0.25, -0.2) is 0 Å². The molecule has 2 saturated heterocycles. The van der Waals surface area contributed by atoms with Gasteiger partial charge in [-0.1, -0.05) is 35.7 Å². The van der Waals surface area contributed by atoms with E-state index in [1.54, 1.807) is 0 Å². The van der Waals surface area contributed by atoms with Crippen molar-refractivity contribution in [2.75, 3.05) is 6.54 Å². The number of halogens is 1. The molecule has 4 heteroatoms. The van der Waals surface area contributed by atoms with E-state index in [0.29, 0.717) is 18.1 Å². The van der Waals surface area contributed by atoms with Crippen LogP contribution in [-0.2, 0) is 0 Å². The van der Waals surface area contributed by atoms with E-state index in [1.807, 2.05) is 24.3 Å². The predicted molar refractivity (Wildman–Crippen MR) is 97.7 cm³/mol. The standard InChI is InChI=1S/C19H27BrN2O/c1-2-3-11-22-17-5-4-6-18(22)13-16(12-17)21-19(23)14-7-9-15(20)10-8-14/h7-10,16-18H,2-6,11-13H2,1H3,(H,21,23). The molecule has 2 fully saturated rings. The average molecular weight is 379 g/mol. The Morgan fingerprint density at radius 2 is 1.87 bits per heavy atom. The number of nitrogens with zero attached hydrogens (tertiary/aromatic N) is 1. The first-order valence-corrected chi connectivity index (χ1v) is 9.79. The van der Waals surface area contributed by atoms with E-state index >= 15 is 0 Å². The van der Waals surface area contributed by atoms with Crippen molar-refractivity contribution in [3.8, 4) is 0 Å². The van der Waals surface area contributed by atoms with Crippen LogP contribution in [-0.4, -0.2) is 35.5 Å². The lowest BCUT2D eigenvalue weighted by atomic mass is 9.81. The number of benzene rings is 1. The molecule has 3 rings (SSSR count). The summed E-state index contributed by atoms with van der Waals surface area (Å²) < 4.78 is 1.01. The summed E-state index contributed by atoms with van der Waals surface area (Å²) in [5.41, 5.74) is 0.756. The van der Waals surface area contributed by atoms with Gasteiger partial charge in [0, 0.05) is 28.2 Å². The molecule has 1 aromatic carbocycles. The number of amides is 1. The molecule has 2 aliphatic rings. The number of piperidine rings is 2. The number of nitrogens with one attached hydrogen (secondary N) is 1. The fourth-order valence-corrected chi connectivity index (χ4v) is 4.44. The van der Waals surface area contributed by atoms with Gasteiger partial charge in [0.1, 0.15) is 0 Å². The number of carbonyl (C=O) groups excluding carboxylic acids is 1. The van der Waals surface area contributed by atoms with Crippen molar-refractivity contribution in [2.45, 2.75) is 70.0 Å². The van der Waals surface area contributed by atoms with Crippen LogP contribution in [0.4, 0.5) is 0 Å². The second kappa shape index (κ2) is 7.80. The van der Waals surface area contributed by atoms with Crippen LogP contribution in [0.3, 0.4) is 0 Å². The normalized spacial score (nSPS) is 27.7. The maximum atomic E-state index is 12.5. The lowest BCUT2D eigenvalue weighted by Gasteiger charge is -2.49. The highest BCUT2D eigenvalue weighted by molar-refractivity contribution is 9.10. The van der Waals surface area contributed by atoms with E-state index in [1.165, 1.54) is 38.6 Å². The van der Waals surface area contributed by atoms with Crippen LogP contribution in [0.2, 0.25) is 0 Å². The van der Waals surface area contributed by atoms with E-state index in [2.05, 4.69) is 33.1 Å². The molecular formula is C19H27BrN2O. The Morgan fingerprint density at radius 1 is 1.22 bits per heavy atom. The average Bonchev–Trinajstić information content (AvgIpc) is 2.53. The second-order valence-electron chi connectivity index (χ2n) is 6.98. The third-order valence-corrected chi connectivity index (χ3v) is 5.87. The minimum atomic E-state index is 0.0718. The second-order valence-corrected chi connectivity index (χ2v) is 7.89. The van der Waals surface area contributed by atoms with Gasteiger partial charge in [0.05, 0.1) is 0 Å². The van der Waals surface area contributed by atoms with Gasteiger partial charge in [-0.2, -0.15) is 0 Å². The summed E-state index contributed by atoms with van der Waals surface area (Å²) in [5.74, 6) is 0.0718. The molecule has 1 N–H and O–H groups in total. The molecule has 2 aliphatic heterocycles. The molecule has 126 valence electrons.